The van der Waals surface area contributed by atoms with Gasteiger partial charge in [0.25, 0.3) is 0 Å². The van der Waals surface area contributed by atoms with Crippen molar-refractivity contribution in [3.63, 3.8) is 0 Å². The topological polar surface area (TPSA) is 49.3 Å². The van der Waals surface area contributed by atoms with Crippen LogP contribution < -0.4 is 5.32 Å². The van der Waals surface area contributed by atoms with E-state index in [1.165, 1.54) is 6.08 Å². The second kappa shape index (κ2) is 6.37. The summed E-state index contributed by atoms with van der Waals surface area (Å²) < 4.78 is 0. The molecule has 0 fully saturated rings. The zero-order chi connectivity index (χ0) is 11.1. The molecule has 1 amide bonds. The third-order valence-corrected chi connectivity index (χ3v) is 2.73. The average molecular weight is 225 g/mol. The molecule has 4 heteroatoms. The second-order valence-electron chi connectivity index (χ2n) is 3.19. The normalized spacial score (nSPS) is 12.9. The Morgan fingerprint density at radius 2 is 2.53 bits per heavy atom. The van der Waals surface area contributed by atoms with Crippen molar-refractivity contribution < 1.29 is 9.90 Å². The Morgan fingerprint density at radius 1 is 1.73 bits per heavy atom. The third-order valence-electron chi connectivity index (χ3n) is 2.03. The molecule has 2 N–H and O–H groups in total. The molecular formula is C11H15NO2S. The molecule has 0 radical (unpaired) electrons. The standard InChI is InChI=1S/C11H15NO2S/c1-2-10(7-13)12-11(14)4-3-9-5-6-15-8-9/h3-6,8,10,13H,2,7H2,1H3,(H,12,14)/b4-3+. The highest BCUT2D eigenvalue weighted by Crippen LogP contribution is 2.07. The lowest BCUT2D eigenvalue weighted by Crippen LogP contribution is -2.35. The highest BCUT2D eigenvalue weighted by atomic mass is 32.1. The summed E-state index contributed by atoms with van der Waals surface area (Å²) in [5.74, 6) is -0.165. The van der Waals surface area contributed by atoms with Crippen molar-refractivity contribution in [3.8, 4) is 0 Å². The summed E-state index contributed by atoms with van der Waals surface area (Å²) in [6, 6.07) is 1.79. The molecule has 1 unspecified atom stereocenters. The number of rotatable bonds is 5. The van der Waals surface area contributed by atoms with Gasteiger partial charge in [0.1, 0.15) is 0 Å². The third kappa shape index (κ3) is 4.27. The van der Waals surface area contributed by atoms with E-state index in [1.807, 2.05) is 23.8 Å². The predicted molar refractivity (Wildman–Crippen MR) is 62.7 cm³/mol. The number of hydrogen-bond donors (Lipinski definition) is 2. The van der Waals surface area contributed by atoms with Crippen LogP contribution in [0.4, 0.5) is 0 Å². The van der Waals surface area contributed by atoms with E-state index in [2.05, 4.69) is 5.32 Å². The first-order chi connectivity index (χ1) is 7.26. The van der Waals surface area contributed by atoms with Gasteiger partial charge < -0.3 is 10.4 Å². The van der Waals surface area contributed by atoms with Crippen LogP contribution in [0, 0.1) is 0 Å². The number of nitrogens with one attached hydrogen (secondary N) is 1. The Balaban J connectivity index is 2.42. The lowest BCUT2D eigenvalue weighted by Gasteiger charge is -2.11. The number of amides is 1. The van der Waals surface area contributed by atoms with E-state index >= 15 is 0 Å². The van der Waals surface area contributed by atoms with Crippen molar-refractivity contribution in [1.29, 1.82) is 0 Å². The van der Waals surface area contributed by atoms with Gasteiger partial charge in [-0.25, -0.2) is 0 Å². The van der Waals surface area contributed by atoms with Gasteiger partial charge in [0, 0.05) is 6.08 Å². The molecule has 0 aliphatic carbocycles. The number of aliphatic hydroxyl groups is 1. The van der Waals surface area contributed by atoms with Crippen LogP contribution in [0.2, 0.25) is 0 Å². The van der Waals surface area contributed by atoms with Crippen molar-refractivity contribution in [2.75, 3.05) is 6.61 Å². The Labute approximate surface area is 93.4 Å². The van der Waals surface area contributed by atoms with Crippen LogP contribution in [0.15, 0.2) is 22.9 Å². The van der Waals surface area contributed by atoms with E-state index in [1.54, 1.807) is 17.4 Å². The SMILES string of the molecule is CCC(CO)NC(=O)/C=C/c1ccsc1. The number of thiophene rings is 1. The molecule has 1 atom stereocenters. The Morgan fingerprint density at radius 3 is 3.07 bits per heavy atom. The summed E-state index contributed by atoms with van der Waals surface area (Å²) in [7, 11) is 0. The van der Waals surface area contributed by atoms with Gasteiger partial charge in [-0.05, 0) is 34.9 Å². The van der Waals surface area contributed by atoms with Crippen molar-refractivity contribution in [2.45, 2.75) is 19.4 Å². The number of aliphatic hydroxyl groups excluding tert-OH is 1. The fourth-order valence-corrected chi connectivity index (χ4v) is 1.70. The molecule has 0 aliphatic rings. The van der Waals surface area contributed by atoms with E-state index in [4.69, 9.17) is 5.11 Å². The highest BCUT2D eigenvalue weighted by molar-refractivity contribution is 7.08. The van der Waals surface area contributed by atoms with Crippen molar-refractivity contribution >= 4 is 23.3 Å². The van der Waals surface area contributed by atoms with Crippen LogP contribution >= 0.6 is 11.3 Å². The lowest BCUT2D eigenvalue weighted by molar-refractivity contribution is -0.117. The molecule has 3 nitrogen and oxygen atoms in total. The van der Waals surface area contributed by atoms with Crippen LogP contribution in [0.1, 0.15) is 18.9 Å². The van der Waals surface area contributed by atoms with Gasteiger partial charge in [0.05, 0.1) is 12.6 Å². The first-order valence-corrected chi connectivity index (χ1v) is 5.82. The van der Waals surface area contributed by atoms with Crippen molar-refractivity contribution in [2.24, 2.45) is 0 Å². The molecule has 1 aromatic heterocycles. The van der Waals surface area contributed by atoms with Gasteiger partial charge in [0.2, 0.25) is 5.91 Å². The van der Waals surface area contributed by atoms with E-state index in [0.29, 0.717) is 0 Å². The van der Waals surface area contributed by atoms with Crippen molar-refractivity contribution in [1.82, 2.24) is 5.32 Å². The number of carbonyl (C=O) groups is 1. The average Bonchev–Trinajstić information content (AvgIpc) is 2.75. The second-order valence-corrected chi connectivity index (χ2v) is 3.97. The minimum atomic E-state index is -0.165. The summed E-state index contributed by atoms with van der Waals surface area (Å²) in [6.45, 7) is 1.90. The molecule has 1 heterocycles. The zero-order valence-electron chi connectivity index (χ0n) is 8.64. The zero-order valence-corrected chi connectivity index (χ0v) is 9.46. The summed E-state index contributed by atoms with van der Waals surface area (Å²) in [4.78, 5) is 11.4. The maximum atomic E-state index is 11.4. The van der Waals surface area contributed by atoms with Gasteiger partial charge in [-0.3, -0.25) is 4.79 Å². The molecule has 1 aromatic rings. The molecule has 0 saturated heterocycles. The van der Waals surface area contributed by atoms with Crippen molar-refractivity contribution in [3.05, 3.63) is 28.5 Å². The van der Waals surface area contributed by atoms with Gasteiger partial charge >= 0.3 is 0 Å². The van der Waals surface area contributed by atoms with Crippen LogP contribution in [0.25, 0.3) is 6.08 Å². The molecule has 1 rings (SSSR count). The van der Waals surface area contributed by atoms with E-state index in [0.717, 1.165) is 12.0 Å². The molecule has 0 saturated carbocycles. The first-order valence-electron chi connectivity index (χ1n) is 4.88. The van der Waals surface area contributed by atoms with E-state index in [-0.39, 0.29) is 18.6 Å². The van der Waals surface area contributed by atoms with Crippen LogP contribution in [-0.4, -0.2) is 23.7 Å². The number of hydrogen-bond acceptors (Lipinski definition) is 3. The summed E-state index contributed by atoms with van der Waals surface area (Å²) in [5, 5.41) is 15.5. The smallest absolute Gasteiger partial charge is 0.244 e. The fourth-order valence-electron chi connectivity index (χ4n) is 1.07. The largest absolute Gasteiger partial charge is 0.394 e. The summed E-state index contributed by atoms with van der Waals surface area (Å²) in [6.07, 6.45) is 3.98. The first kappa shape index (κ1) is 11.9. The molecule has 15 heavy (non-hydrogen) atoms. The van der Waals surface area contributed by atoms with Crippen LogP contribution in [-0.2, 0) is 4.79 Å². The Hall–Kier alpha value is -1.13. The molecular weight excluding hydrogens is 210 g/mol. The van der Waals surface area contributed by atoms with Gasteiger partial charge in [-0.2, -0.15) is 11.3 Å². The maximum Gasteiger partial charge on any atom is 0.244 e. The molecule has 82 valence electrons. The Bertz CT molecular complexity index is 315. The van der Waals surface area contributed by atoms with Gasteiger partial charge in [0.15, 0.2) is 0 Å². The molecule has 0 aliphatic heterocycles. The Kier molecular flexibility index (Phi) is 5.07. The molecule has 0 spiro atoms. The van der Waals surface area contributed by atoms with Crippen LogP contribution in [0.3, 0.4) is 0 Å². The number of carbonyl (C=O) groups excluding carboxylic acids is 1. The van der Waals surface area contributed by atoms with Crippen LogP contribution in [0.5, 0.6) is 0 Å². The fraction of sp³-hybridized carbons (Fsp3) is 0.364. The highest BCUT2D eigenvalue weighted by Gasteiger charge is 2.05. The monoisotopic (exact) mass is 225 g/mol. The predicted octanol–water partition coefficient (Wildman–Crippen LogP) is 1.65. The molecule has 0 aromatic carbocycles. The lowest BCUT2D eigenvalue weighted by atomic mass is 10.2. The quantitative estimate of drug-likeness (QED) is 0.749. The van der Waals surface area contributed by atoms with E-state index < -0.39 is 0 Å². The minimum Gasteiger partial charge on any atom is -0.394 e. The molecule has 0 bridgehead atoms. The summed E-state index contributed by atoms with van der Waals surface area (Å²) in [5.41, 5.74) is 1.02. The van der Waals surface area contributed by atoms with Gasteiger partial charge in [-0.15, -0.1) is 0 Å². The van der Waals surface area contributed by atoms with Gasteiger partial charge in [-0.1, -0.05) is 6.92 Å². The minimum absolute atomic E-state index is 0.0193. The summed E-state index contributed by atoms with van der Waals surface area (Å²) >= 11 is 1.59. The van der Waals surface area contributed by atoms with E-state index in [9.17, 15) is 4.79 Å². The maximum absolute atomic E-state index is 11.4.